The highest BCUT2D eigenvalue weighted by Gasteiger charge is 2.25. The summed E-state index contributed by atoms with van der Waals surface area (Å²) >= 11 is 0. The smallest absolute Gasteiger partial charge is 0.202 e. The molecule has 0 atom stereocenters. The van der Waals surface area contributed by atoms with Gasteiger partial charge in [-0.3, -0.25) is 9.59 Å². The lowest BCUT2D eigenvalue weighted by Gasteiger charge is -2.14. The molecule has 0 aromatic heterocycles. The molecule has 0 bridgehead atoms. The van der Waals surface area contributed by atoms with Crippen molar-refractivity contribution in [1.82, 2.24) is 4.90 Å². The van der Waals surface area contributed by atoms with Gasteiger partial charge in [0.1, 0.15) is 11.5 Å². The lowest BCUT2D eigenvalue weighted by Crippen LogP contribution is -2.18. The number of ketones is 2. The summed E-state index contributed by atoms with van der Waals surface area (Å²) in [5.41, 5.74) is 0.710. The Labute approximate surface area is 147 Å². The lowest BCUT2D eigenvalue weighted by atomic mass is 9.95. The minimum absolute atomic E-state index is 0.0407. The predicted molar refractivity (Wildman–Crippen MR) is 96.4 cm³/mol. The fraction of sp³-hybridized carbons (Fsp3) is 0.200. The average molecular weight is 339 g/mol. The van der Waals surface area contributed by atoms with Crippen molar-refractivity contribution in [2.75, 3.05) is 28.3 Å². The molecule has 2 aromatic carbocycles. The molecule has 0 saturated carbocycles. The Balaban J connectivity index is 2.54. The van der Waals surface area contributed by atoms with E-state index < -0.39 is 11.6 Å². The van der Waals surface area contributed by atoms with Crippen LogP contribution in [0.25, 0.3) is 0 Å². The van der Waals surface area contributed by atoms with Crippen molar-refractivity contribution >= 4 is 11.6 Å². The largest absolute Gasteiger partial charge is 0.496 e. The quantitative estimate of drug-likeness (QED) is 0.335. The summed E-state index contributed by atoms with van der Waals surface area (Å²) in [7, 11) is 6.49. The zero-order valence-corrected chi connectivity index (χ0v) is 14.8. The summed E-state index contributed by atoms with van der Waals surface area (Å²) in [6.45, 7) is 0. The maximum Gasteiger partial charge on any atom is 0.202 e. The van der Waals surface area contributed by atoms with E-state index in [2.05, 4.69) is 0 Å². The van der Waals surface area contributed by atoms with E-state index in [0.29, 0.717) is 22.6 Å². The lowest BCUT2D eigenvalue weighted by molar-refractivity contribution is 0.0957. The Morgan fingerprint density at radius 2 is 1.20 bits per heavy atom. The van der Waals surface area contributed by atoms with E-state index in [9.17, 15) is 9.59 Å². The van der Waals surface area contributed by atoms with Crippen molar-refractivity contribution in [3.63, 3.8) is 0 Å². The summed E-state index contributed by atoms with van der Waals surface area (Å²) in [6, 6.07) is 13.7. The molecule has 0 saturated heterocycles. The zero-order chi connectivity index (χ0) is 18.4. The second-order valence-corrected chi connectivity index (χ2v) is 5.57. The average Bonchev–Trinajstić information content (AvgIpc) is 2.64. The number of benzene rings is 2. The third kappa shape index (κ3) is 4.07. The predicted octanol–water partition coefficient (Wildman–Crippen LogP) is 3.21. The minimum atomic E-state index is -0.401. The van der Waals surface area contributed by atoms with Crippen molar-refractivity contribution in [2.45, 2.75) is 0 Å². The van der Waals surface area contributed by atoms with Gasteiger partial charge in [0.25, 0.3) is 0 Å². The van der Waals surface area contributed by atoms with Crippen molar-refractivity contribution in [1.29, 1.82) is 0 Å². The Morgan fingerprint density at radius 3 is 1.56 bits per heavy atom. The molecular weight excluding hydrogens is 318 g/mol. The molecule has 0 heterocycles. The SMILES string of the molecule is COc1ccccc1C(=O)C(=CN(C)C)C(=O)c1ccccc1OC. The molecule has 0 amide bonds. The van der Waals surface area contributed by atoms with Crippen molar-refractivity contribution in [3.8, 4) is 11.5 Å². The van der Waals surface area contributed by atoms with Crippen LogP contribution in [0.4, 0.5) is 0 Å². The third-order valence-corrected chi connectivity index (χ3v) is 3.58. The molecular formula is C20H21NO4. The van der Waals surface area contributed by atoms with Crippen molar-refractivity contribution < 1.29 is 19.1 Å². The number of hydrogen-bond donors (Lipinski definition) is 0. The van der Waals surface area contributed by atoms with Gasteiger partial charge in [-0.25, -0.2) is 0 Å². The minimum Gasteiger partial charge on any atom is -0.496 e. The number of Topliss-reactive ketones (excluding diaryl/α,β-unsaturated/α-hetero) is 2. The van der Waals surface area contributed by atoms with Gasteiger partial charge in [-0.2, -0.15) is 0 Å². The fourth-order valence-electron chi connectivity index (χ4n) is 2.43. The van der Waals surface area contributed by atoms with Gasteiger partial charge in [0, 0.05) is 20.3 Å². The second kappa shape index (κ2) is 8.15. The maximum absolute atomic E-state index is 13.0. The van der Waals surface area contributed by atoms with E-state index in [1.54, 1.807) is 67.5 Å². The normalized spacial score (nSPS) is 9.92. The molecule has 0 aliphatic rings. The van der Waals surface area contributed by atoms with Gasteiger partial charge in [0.15, 0.2) is 0 Å². The van der Waals surface area contributed by atoms with Crippen LogP contribution < -0.4 is 9.47 Å². The molecule has 130 valence electrons. The number of hydrogen-bond acceptors (Lipinski definition) is 5. The highest BCUT2D eigenvalue weighted by molar-refractivity contribution is 6.32. The molecule has 0 fully saturated rings. The molecule has 25 heavy (non-hydrogen) atoms. The van der Waals surface area contributed by atoms with E-state index >= 15 is 0 Å². The van der Waals surface area contributed by atoms with Crippen LogP contribution in [0.2, 0.25) is 0 Å². The summed E-state index contributed by atoms with van der Waals surface area (Å²) in [5, 5.41) is 0. The third-order valence-electron chi connectivity index (χ3n) is 3.58. The van der Waals surface area contributed by atoms with Crippen molar-refractivity contribution in [2.24, 2.45) is 0 Å². The van der Waals surface area contributed by atoms with Crippen LogP contribution in [0.3, 0.4) is 0 Å². The first-order valence-electron chi connectivity index (χ1n) is 7.73. The molecule has 2 rings (SSSR count). The first kappa shape index (κ1) is 18.3. The van der Waals surface area contributed by atoms with Crippen LogP contribution >= 0.6 is 0 Å². The number of ether oxygens (including phenoxy) is 2. The van der Waals surface area contributed by atoms with Crippen LogP contribution in [0.1, 0.15) is 20.7 Å². The molecule has 0 N–H and O–H groups in total. The Morgan fingerprint density at radius 1 is 0.800 bits per heavy atom. The van der Waals surface area contributed by atoms with Gasteiger partial charge in [-0.15, -0.1) is 0 Å². The number of carbonyl (C=O) groups is 2. The monoisotopic (exact) mass is 339 g/mol. The molecule has 0 aliphatic heterocycles. The standard InChI is InChI=1S/C20H21NO4/c1-21(2)13-16(19(22)14-9-5-7-11-17(14)24-3)20(23)15-10-6-8-12-18(15)25-4/h5-13H,1-4H3. The van der Waals surface area contributed by atoms with E-state index in [4.69, 9.17) is 9.47 Å². The molecule has 5 nitrogen and oxygen atoms in total. The van der Waals surface area contributed by atoms with Gasteiger partial charge >= 0.3 is 0 Å². The van der Waals surface area contributed by atoms with Gasteiger partial charge in [0.05, 0.1) is 30.9 Å². The zero-order valence-electron chi connectivity index (χ0n) is 14.8. The first-order chi connectivity index (χ1) is 12.0. The van der Waals surface area contributed by atoms with Crippen LogP contribution in [0, 0.1) is 0 Å². The van der Waals surface area contributed by atoms with Gasteiger partial charge in [0.2, 0.25) is 11.6 Å². The Kier molecular flexibility index (Phi) is 5.95. The highest BCUT2D eigenvalue weighted by Crippen LogP contribution is 2.26. The summed E-state index contributed by atoms with van der Waals surface area (Å²) in [4.78, 5) is 27.7. The number of para-hydroxylation sites is 2. The number of methoxy groups -OCH3 is 2. The Bertz CT molecular complexity index is 747. The molecule has 0 unspecified atom stereocenters. The Hall–Kier alpha value is -3.08. The van der Waals surface area contributed by atoms with Crippen LogP contribution in [-0.4, -0.2) is 44.8 Å². The summed E-state index contributed by atoms with van der Waals surface area (Å²) in [6.07, 6.45) is 1.52. The van der Waals surface area contributed by atoms with Crippen LogP contribution in [-0.2, 0) is 0 Å². The second-order valence-electron chi connectivity index (χ2n) is 5.57. The van der Waals surface area contributed by atoms with E-state index in [0.717, 1.165) is 0 Å². The summed E-state index contributed by atoms with van der Waals surface area (Å²) < 4.78 is 10.5. The van der Waals surface area contributed by atoms with E-state index in [-0.39, 0.29) is 5.57 Å². The number of carbonyl (C=O) groups excluding carboxylic acids is 2. The number of nitrogens with zero attached hydrogens (tertiary/aromatic N) is 1. The molecule has 5 heteroatoms. The van der Waals surface area contributed by atoms with E-state index in [1.165, 1.54) is 20.4 Å². The van der Waals surface area contributed by atoms with Crippen molar-refractivity contribution in [3.05, 3.63) is 71.4 Å². The van der Waals surface area contributed by atoms with Gasteiger partial charge < -0.3 is 14.4 Å². The fourth-order valence-corrected chi connectivity index (χ4v) is 2.43. The van der Waals surface area contributed by atoms with Crippen LogP contribution in [0.15, 0.2) is 60.3 Å². The highest BCUT2D eigenvalue weighted by atomic mass is 16.5. The van der Waals surface area contributed by atoms with Crippen LogP contribution in [0.5, 0.6) is 11.5 Å². The molecule has 0 radical (unpaired) electrons. The topological polar surface area (TPSA) is 55.8 Å². The first-order valence-corrected chi connectivity index (χ1v) is 7.73. The van der Waals surface area contributed by atoms with E-state index in [1.807, 2.05) is 0 Å². The molecule has 0 aliphatic carbocycles. The van der Waals surface area contributed by atoms with Gasteiger partial charge in [-0.1, -0.05) is 24.3 Å². The molecule has 0 spiro atoms. The number of allylic oxidation sites excluding steroid dienone is 1. The summed E-state index contributed by atoms with van der Waals surface area (Å²) in [5.74, 6) is 0.0408. The maximum atomic E-state index is 13.0. The van der Waals surface area contributed by atoms with Gasteiger partial charge in [-0.05, 0) is 24.3 Å². The molecule has 2 aromatic rings. The number of rotatable bonds is 7.